The van der Waals surface area contributed by atoms with Gasteiger partial charge < -0.3 is 14.9 Å². The molecule has 2 rings (SSSR count). The van der Waals surface area contributed by atoms with E-state index in [9.17, 15) is 5.11 Å². The molecule has 18 heavy (non-hydrogen) atoms. The number of aromatic nitrogens is 2. The van der Waals surface area contributed by atoms with Crippen molar-refractivity contribution in [3.63, 3.8) is 0 Å². The van der Waals surface area contributed by atoms with Crippen molar-refractivity contribution in [2.75, 3.05) is 0 Å². The van der Waals surface area contributed by atoms with Crippen molar-refractivity contribution in [1.82, 2.24) is 15.5 Å². The highest BCUT2D eigenvalue weighted by Crippen LogP contribution is 2.22. The summed E-state index contributed by atoms with van der Waals surface area (Å²) in [4.78, 5) is 4.11. The molecule has 0 unspecified atom stereocenters. The fourth-order valence-electron chi connectivity index (χ4n) is 1.88. The smallest absolute Gasteiger partial charge is 0.223 e. The standard InChI is InChI=1S/C13H17N3O2/c1-8-4-11(5-9(2)13(8)17)6-14-7-12-15-10(3)18-16-12/h4-5,14,17H,6-7H2,1-3H3. The van der Waals surface area contributed by atoms with Gasteiger partial charge in [0.05, 0.1) is 6.54 Å². The van der Waals surface area contributed by atoms with E-state index in [4.69, 9.17) is 4.52 Å². The van der Waals surface area contributed by atoms with Crippen LogP contribution in [-0.4, -0.2) is 15.2 Å². The topological polar surface area (TPSA) is 71.2 Å². The SMILES string of the molecule is Cc1nc(CNCc2cc(C)c(O)c(C)c2)no1. The Kier molecular flexibility index (Phi) is 3.62. The Morgan fingerprint density at radius 2 is 1.83 bits per heavy atom. The number of aryl methyl sites for hydroxylation is 3. The van der Waals surface area contributed by atoms with Gasteiger partial charge in [-0.1, -0.05) is 17.3 Å². The minimum Gasteiger partial charge on any atom is -0.507 e. The van der Waals surface area contributed by atoms with Gasteiger partial charge in [-0.3, -0.25) is 0 Å². The predicted molar refractivity (Wildman–Crippen MR) is 67.2 cm³/mol. The van der Waals surface area contributed by atoms with Gasteiger partial charge in [0.1, 0.15) is 5.75 Å². The number of nitrogens with zero attached hydrogens (tertiary/aromatic N) is 2. The maximum Gasteiger partial charge on any atom is 0.223 e. The lowest BCUT2D eigenvalue weighted by molar-refractivity contribution is 0.385. The molecule has 0 amide bonds. The lowest BCUT2D eigenvalue weighted by atomic mass is 10.1. The van der Waals surface area contributed by atoms with E-state index in [-0.39, 0.29) is 0 Å². The summed E-state index contributed by atoms with van der Waals surface area (Å²) in [6.45, 7) is 6.83. The second kappa shape index (κ2) is 5.18. The molecule has 0 bridgehead atoms. The molecule has 0 radical (unpaired) electrons. The van der Waals surface area contributed by atoms with Gasteiger partial charge in [0.15, 0.2) is 5.82 Å². The van der Waals surface area contributed by atoms with Gasteiger partial charge in [0, 0.05) is 13.5 Å². The number of phenolic OH excluding ortho intramolecular Hbond substituents is 1. The van der Waals surface area contributed by atoms with Crippen molar-refractivity contribution in [2.45, 2.75) is 33.9 Å². The number of hydrogen-bond acceptors (Lipinski definition) is 5. The molecule has 0 saturated heterocycles. The molecule has 0 aliphatic carbocycles. The van der Waals surface area contributed by atoms with Crippen molar-refractivity contribution in [1.29, 1.82) is 0 Å². The predicted octanol–water partition coefficient (Wildman–Crippen LogP) is 1.99. The Labute approximate surface area is 106 Å². The molecule has 1 heterocycles. The Hall–Kier alpha value is -1.88. The minimum absolute atomic E-state index is 0.368. The highest BCUT2D eigenvalue weighted by Gasteiger charge is 2.04. The molecule has 0 fully saturated rings. The molecule has 2 N–H and O–H groups in total. The molecule has 1 aromatic carbocycles. The van der Waals surface area contributed by atoms with Gasteiger partial charge >= 0.3 is 0 Å². The van der Waals surface area contributed by atoms with Crippen LogP contribution in [0, 0.1) is 20.8 Å². The highest BCUT2D eigenvalue weighted by atomic mass is 16.5. The largest absolute Gasteiger partial charge is 0.507 e. The third-order valence-corrected chi connectivity index (χ3v) is 2.73. The lowest BCUT2D eigenvalue weighted by Gasteiger charge is -2.08. The maximum atomic E-state index is 9.68. The summed E-state index contributed by atoms with van der Waals surface area (Å²) in [5.41, 5.74) is 2.91. The van der Waals surface area contributed by atoms with Crippen LogP contribution in [0.15, 0.2) is 16.7 Å². The van der Waals surface area contributed by atoms with Crippen LogP contribution in [0.5, 0.6) is 5.75 Å². The van der Waals surface area contributed by atoms with E-state index in [0.717, 1.165) is 16.7 Å². The Balaban J connectivity index is 1.94. The number of hydrogen-bond donors (Lipinski definition) is 2. The minimum atomic E-state index is 0.368. The monoisotopic (exact) mass is 247 g/mol. The van der Waals surface area contributed by atoms with Gasteiger partial charge in [-0.05, 0) is 30.5 Å². The van der Waals surface area contributed by atoms with Gasteiger partial charge in [0.25, 0.3) is 0 Å². The molecule has 1 aromatic heterocycles. The number of nitrogens with one attached hydrogen (secondary N) is 1. The van der Waals surface area contributed by atoms with Crippen LogP contribution in [-0.2, 0) is 13.1 Å². The van der Waals surface area contributed by atoms with Crippen LogP contribution in [0.2, 0.25) is 0 Å². The number of rotatable bonds is 4. The van der Waals surface area contributed by atoms with Crippen molar-refractivity contribution in [3.05, 3.63) is 40.5 Å². The molecule has 5 heteroatoms. The average molecular weight is 247 g/mol. The van der Waals surface area contributed by atoms with E-state index in [1.54, 1.807) is 6.92 Å². The third kappa shape index (κ3) is 2.87. The number of phenols is 1. The third-order valence-electron chi connectivity index (χ3n) is 2.73. The Bertz CT molecular complexity index is 526. The maximum absolute atomic E-state index is 9.68. The fourth-order valence-corrected chi connectivity index (χ4v) is 1.88. The summed E-state index contributed by atoms with van der Waals surface area (Å²) >= 11 is 0. The molecule has 0 saturated carbocycles. The first-order valence-electron chi connectivity index (χ1n) is 5.85. The Morgan fingerprint density at radius 3 is 2.39 bits per heavy atom. The zero-order valence-electron chi connectivity index (χ0n) is 10.8. The lowest BCUT2D eigenvalue weighted by Crippen LogP contribution is -2.14. The molecule has 96 valence electrons. The van der Waals surface area contributed by atoms with Crippen molar-refractivity contribution in [3.8, 4) is 5.75 Å². The molecule has 5 nitrogen and oxygen atoms in total. The summed E-state index contributed by atoms with van der Waals surface area (Å²) in [5, 5.41) is 16.7. The van der Waals surface area contributed by atoms with Crippen LogP contribution >= 0.6 is 0 Å². The molecular weight excluding hydrogens is 230 g/mol. The van der Waals surface area contributed by atoms with E-state index in [1.807, 2.05) is 26.0 Å². The quantitative estimate of drug-likeness (QED) is 0.864. The van der Waals surface area contributed by atoms with E-state index in [2.05, 4.69) is 15.5 Å². The highest BCUT2D eigenvalue weighted by molar-refractivity contribution is 5.42. The van der Waals surface area contributed by atoms with Crippen LogP contribution < -0.4 is 5.32 Å². The zero-order chi connectivity index (χ0) is 13.1. The van der Waals surface area contributed by atoms with E-state index < -0.39 is 0 Å². The average Bonchev–Trinajstić information content (AvgIpc) is 2.72. The first-order valence-corrected chi connectivity index (χ1v) is 5.85. The van der Waals surface area contributed by atoms with Gasteiger partial charge in [-0.25, -0.2) is 0 Å². The zero-order valence-corrected chi connectivity index (χ0v) is 10.8. The summed E-state index contributed by atoms with van der Waals surface area (Å²) in [6, 6.07) is 3.94. The molecule has 0 spiro atoms. The normalized spacial score (nSPS) is 10.8. The van der Waals surface area contributed by atoms with E-state index >= 15 is 0 Å². The fraction of sp³-hybridized carbons (Fsp3) is 0.385. The molecular formula is C13H17N3O2. The van der Waals surface area contributed by atoms with E-state index in [1.165, 1.54) is 0 Å². The molecule has 0 aliphatic heterocycles. The number of benzene rings is 1. The Morgan fingerprint density at radius 1 is 1.17 bits per heavy atom. The van der Waals surface area contributed by atoms with Crippen LogP contribution in [0.1, 0.15) is 28.4 Å². The molecule has 2 aromatic rings. The second-order valence-corrected chi connectivity index (χ2v) is 4.41. The second-order valence-electron chi connectivity index (χ2n) is 4.41. The van der Waals surface area contributed by atoms with Crippen molar-refractivity contribution in [2.24, 2.45) is 0 Å². The van der Waals surface area contributed by atoms with Crippen LogP contribution in [0.25, 0.3) is 0 Å². The molecule has 0 aliphatic rings. The summed E-state index contributed by atoms with van der Waals surface area (Å²) < 4.78 is 4.89. The number of aromatic hydroxyl groups is 1. The van der Waals surface area contributed by atoms with Gasteiger partial charge in [-0.15, -0.1) is 0 Å². The first kappa shape index (κ1) is 12.6. The van der Waals surface area contributed by atoms with Crippen LogP contribution in [0.3, 0.4) is 0 Å². The van der Waals surface area contributed by atoms with Gasteiger partial charge in [0.2, 0.25) is 5.89 Å². The van der Waals surface area contributed by atoms with E-state index in [0.29, 0.717) is 30.6 Å². The summed E-state index contributed by atoms with van der Waals surface area (Å²) in [5.74, 6) is 1.59. The first-order chi connectivity index (χ1) is 8.56. The summed E-state index contributed by atoms with van der Waals surface area (Å²) in [7, 11) is 0. The van der Waals surface area contributed by atoms with Crippen molar-refractivity contribution >= 4 is 0 Å². The summed E-state index contributed by atoms with van der Waals surface area (Å²) in [6.07, 6.45) is 0. The van der Waals surface area contributed by atoms with Gasteiger partial charge in [-0.2, -0.15) is 4.98 Å². The van der Waals surface area contributed by atoms with Crippen molar-refractivity contribution < 1.29 is 9.63 Å². The van der Waals surface area contributed by atoms with Crippen LogP contribution in [0.4, 0.5) is 0 Å². The molecule has 0 atom stereocenters.